The summed E-state index contributed by atoms with van der Waals surface area (Å²) in [6.07, 6.45) is 1.98. The molecule has 0 saturated carbocycles. The average Bonchev–Trinajstić information content (AvgIpc) is 2.83. The molecule has 0 amide bonds. The fourth-order valence-corrected chi connectivity index (χ4v) is 2.00. The molecule has 0 radical (unpaired) electrons. The maximum atomic E-state index is 5.37. The number of nitrogens with zero attached hydrogens (tertiary/aromatic N) is 3. The Labute approximate surface area is 114 Å². The van der Waals surface area contributed by atoms with Crippen molar-refractivity contribution in [3.05, 3.63) is 17.6 Å². The van der Waals surface area contributed by atoms with E-state index in [1.54, 1.807) is 0 Å². The van der Waals surface area contributed by atoms with Crippen molar-refractivity contribution < 1.29 is 4.84 Å². The molecule has 2 rings (SSSR count). The third kappa shape index (κ3) is 3.66. The minimum Gasteiger partial charge on any atom is -0.390 e. The summed E-state index contributed by atoms with van der Waals surface area (Å²) < 4.78 is 0. The van der Waals surface area contributed by atoms with Crippen LogP contribution in [-0.4, -0.2) is 28.3 Å². The molecule has 19 heavy (non-hydrogen) atoms. The SMILES string of the molecule is CCC1=NO[C@H](CNc2cc(C(C)C)nc(C)n2)C1. The Morgan fingerprint density at radius 2 is 2.21 bits per heavy atom. The van der Waals surface area contributed by atoms with Crippen LogP contribution >= 0.6 is 0 Å². The molecule has 104 valence electrons. The van der Waals surface area contributed by atoms with Gasteiger partial charge in [0.1, 0.15) is 17.7 Å². The number of hydrogen-bond acceptors (Lipinski definition) is 5. The summed E-state index contributed by atoms with van der Waals surface area (Å²) in [6, 6.07) is 2.01. The highest BCUT2D eigenvalue weighted by Gasteiger charge is 2.19. The smallest absolute Gasteiger partial charge is 0.150 e. The van der Waals surface area contributed by atoms with Gasteiger partial charge in [-0.25, -0.2) is 9.97 Å². The Balaban J connectivity index is 1.93. The summed E-state index contributed by atoms with van der Waals surface area (Å²) in [6.45, 7) is 9.00. The van der Waals surface area contributed by atoms with Crippen molar-refractivity contribution in [1.82, 2.24) is 9.97 Å². The third-order valence-electron chi connectivity index (χ3n) is 3.16. The quantitative estimate of drug-likeness (QED) is 0.886. The second-order valence-corrected chi connectivity index (χ2v) is 5.20. The van der Waals surface area contributed by atoms with E-state index < -0.39 is 0 Å². The van der Waals surface area contributed by atoms with E-state index in [2.05, 4.69) is 41.2 Å². The van der Waals surface area contributed by atoms with E-state index in [0.717, 1.165) is 42.4 Å². The maximum Gasteiger partial charge on any atom is 0.150 e. The number of aryl methyl sites for hydroxylation is 1. The molecule has 1 aromatic heterocycles. The zero-order chi connectivity index (χ0) is 13.8. The maximum absolute atomic E-state index is 5.37. The molecule has 2 heterocycles. The number of oxime groups is 1. The van der Waals surface area contributed by atoms with Crippen LogP contribution in [0.3, 0.4) is 0 Å². The summed E-state index contributed by atoms with van der Waals surface area (Å²) in [5, 5.41) is 7.37. The average molecular weight is 262 g/mol. The molecule has 1 aromatic rings. The first-order chi connectivity index (χ1) is 9.08. The van der Waals surface area contributed by atoms with Gasteiger partial charge in [0.2, 0.25) is 0 Å². The Morgan fingerprint density at radius 1 is 1.42 bits per heavy atom. The first kappa shape index (κ1) is 13.8. The minimum absolute atomic E-state index is 0.118. The van der Waals surface area contributed by atoms with Crippen LogP contribution in [-0.2, 0) is 4.84 Å². The summed E-state index contributed by atoms with van der Waals surface area (Å²) in [5.41, 5.74) is 2.20. The lowest BCUT2D eigenvalue weighted by molar-refractivity contribution is 0.0948. The van der Waals surface area contributed by atoms with Crippen molar-refractivity contribution in [3.8, 4) is 0 Å². The molecule has 5 nitrogen and oxygen atoms in total. The van der Waals surface area contributed by atoms with E-state index in [4.69, 9.17) is 4.84 Å². The summed E-state index contributed by atoms with van der Waals surface area (Å²) in [4.78, 5) is 14.2. The lowest BCUT2D eigenvalue weighted by atomic mass is 10.1. The van der Waals surface area contributed by atoms with Gasteiger partial charge in [0.15, 0.2) is 0 Å². The van der Waals surface area contributed by atoms with Gasteiger partial charge >= 0.3 is 0 Å². The molecular weight excluding hydrogens is 240 g/mol. The molecule has 0 fully saturated rings. The van der Waals surface area contributed by atoms with Crippen LogP contribution in [0.2, 0.25) is 0 Å². The lowest BCUT2D eigenvalue weighted by Crippen LogP contribution is -2.20. The van der Waals surface area contributed by atoms with Gasteiger partial charge < -0.3 is 10.2 Å². The fourth-order valence-electron chi connectivity index (χ4n) is 2.00. The minimum atomic E-state index is 0.118. The molecular formula is C14H22N4O. The number of anilines is 1. The first-order valence-electron chi connectivity index (χ1n) is 6.89. The summed E-state index contributed by atoms with van der Waals surface area (Å²) in [7, 11) is 0. The number of aromatic nitrogens is 2. The molecule has 0 unspecified atom stereocenters. The van der Waals surface area contributed by atoms with Gasteiger partial charge in [-0.1, -0.05) is 25.9 Å². The Bertz CT molecular complexity index is 471. The van der Waals surface area contributed by atoms with Gasteiger partial charge in [0.25, 0.3) is 0 Å². The molecule has 0 aliphatic carbocycles. The molecule has 5 heteroatoms. The Morgan fingerprint density at radius 3 is 2.84 bits per heavy atom. The predicted molar refractivity (Wildman–Crippen MR) is 76.6 cm³/mol. The van der Waals surface area contributed by atoms with E-state index in [1.165, 1.54) is 0 Å². The van der Waals surface area contributed by atoms with E-state index in [0.29, 0.717) is 5.92 Å². The lowest BCUT2D eigenvalue weighted by Gasteiger charge is -2.12. The van der Waals surface area contributed by atoms with Crippen LogP contribution in [0.5, 0.6) is 0 Å². The standard InChI is InChI=1S/C14H22N4O/c1-5-11-6-12(19-18-11)8-15-14-7-13(9(2)3)16-10(4)17-14/h7,9,12H,5-6,8H2,1-4H3,(H,15,16,17)/t12-/m0/s1. The van der Waals surface area contributed by atoms with Crippen LogP contribution in [0.15, 0.2) is 11.2 Å². The van der Waals surface area contributed by atoms with Crippen molar-refractivity contribution in [2.75, 3.05) is 11.9 Å². The first-order valence-corrected chi connectivity index (χ1v) is 6.89. The molecule has 0 bridgehead atoms. The highest BCUT2D eigenvalue weighted by atomic mass is 16.6. The molecule has 0 saturated heterocycles. The zero-order valence-corrected chi connectivity index (χ0v) is 12.1. The van der Waals surface area contributed by atoms with Crippen LogP contribution in [0.25, 0.3) is 0 Å². The number of rotatable bonds is 5. The molecule has 0 aromatic carbocycles. The van der Waals surface area contributed by atoms with E-state index in [1.807, 2.05) is 13.0 Å². The highest BCUT2D eigenvalue weighted by Crippen LogP contribution is 2.17. The molecule has 0 spiro atoms. The van der Waals surface area contributed by atoms with Crippen molar-refractivity contribution >= 4 is 11.5 Å². The largest absolute Gasteiger partial charge is 0.390 e. The zero-order valence-electron chi connectivity index (χ0n) is 12.1. The van der Waals surface area contributed by atoms with Gasteiger partial charge in [-0.15, -0.1) is 0 Å². The topological polar surface area (TPSA) is 59.4 Å². The van der Waals surface area contributed by atoms with Gasteiger partial charge in [-0.3, -0.25) is 0 Å². The second-order valence-electron chi connectivity index (χ2n) is 5.20. The predicted octanol–water partition coefficient (Wildman–Crippen LogP) is 2.88. The van der Waals surface area contributed by atoms with E-state index in [9.17, 15) is 0 Å². The monoisotopic (exact) mass is 262 g/mol. The third-order valence-corrected chi connectivity index (χ3v) is 3.16. The summed E-state index contributed by atoms with van der Waals surface area (Å²) >= 11 is 0. The second kappa shape index (κ2) is 5.99. The van der Waals surface area contributed by atoms with E-state index >= 15 is 0 Å². The summed E-state index contributed by atoms with van der Waals surface area (Å²) in [5.74, 6) is 2.07. The van der Waals surface area contributed by atoms with Crippen molar-refractivity contribution in [2.24, 2.45) is 5.16 Å². The molecule has 1 atom stereocenters. The van der Waals surface area contributed by atoms with E-state index in [-0.39, 0.29) is 6.10 Å². The van der Waals surface area contributed by atoms with Crippen LogP contribution in [0, 0.1) is 6.92 Å². The van der Waals surface area contributed by atoms with Crippen LogP contribution in [0.1, 0.15) is 51.0 Å². The number of nitrogens with one attached hydrogen (secondary N) is 1. The van der Waals surface area contributed by atoms with Crippen molar-refractivity contribution in [3.63, 3.8) is 0 Å². The Kier molecular flexibility index (Phi) is 4.35. The van der Waals surface area contributed by atoms with Gasteiger partial charge in [0, 0.05) is 18.2 Å². The van der Waals surface area contributed by atoms with Gasteiger partial charge in [0.05, 0.1) is 12.3 Å². The fraction of sp³-hybridized carbons (Fsp3) is 0.643. The van der Waals surface area contributed by atoms with Crippen molar-refractivity contribution in [1.29, 1.82) is 0 Å². The molecule has 1 N–H and O–H groups in total. The van der Waals surface area contributed by atoms with Gasteiger partial charge in [-0.05, 0) is 19.3 Å². The molecule has 1 aliphatic rings. The number of hydrogen-bond donors (Lipinski definition) is 1. The Hall–Kier alpha value is -1.65. The van der Waals surface area contributed by atoms with Crippen molar-refractivity contribution in [2.45, 2.75) is 52.6 Å². The van der Waals surface area contributed by atoms with Crippen LogP contribution < -0.4 is 5.32 Å². The highest BCUT2D eigenvalue weighted by molar-refractivity contribution is 5.85. The normalized spacial score (nSPS) is 18.4. The molecule has 1 aliphatic heterocycles. The van der Waals surface area contributed by atoms with Gasteiger partial charge in [-0.2, -0.15) is 0 Å². The van der Waals surface area contributed by atoms with Crippen LogP contribution in [0.4, 0.5) is 5.82 Å².